The first-order valence-electron chi connectivity index (χ1n) is 5.72. The quantitative estimate of drug-likeness (QED) is 0.702. The van der Waals surface area contributed by atoms with E-state index in [0.717, 1.165) is 5.56 Å². The van der Waals surface area contributed by atoms with Crippen molar-refractivity contribution >= 4 is 5.91 Å². The molecule has 0 bridgehead atoms. The van der Waals surface area contributed by atoms with Gasteiger partial charge in [0.05, 0.1) is 12.6 Å². The number of rotatable bonds is 7. The second kappa shape index (κ2) is 7.81. The molecular formula is C13H19NO3. The minimum Gasteiger partial charge on any atom is -0.394 e. The lowest BCUT2D eigenvalue weighted by molar-refractivity contribution is -0.122. The number of carbonyl (C=O) groups is 1. The second-order valence-corrected chi connectivity index (χ2v) is 3.81. The number of carbonyl (C=O) groups excluding carboxylic acids is 1. The van der Waals surface area contributed by atoms with Crippen LogP contribution in [0.25, 0.3) is 0 Å². The van der Waals surface area contributed by atoms with E-state index in [2.05, 4.69) is 5.32 Å². The Labute approximate surface area is 102 Å². The third-order valence-electron chi connectivity index (χ3n) is 2.47. The Kier molecular flexibility index (Phi) is 6.29. The van der Waals surface area contributed by atoms with Gasteiger partial charge in [0, 0.05) is 20.1 Å². The fourth-order valence-corrected chi connectivity index (χ4v) is 1.56. The van der Waals surface area contributed by atoms with Crippen LogP contribution in [0.1, 0.15) is 24.4 Å². The van der Waals surface area contributed by atoms with Gasteiger partial charge in [0.25, 0.3) is 0 Å². The molecule has 0 aliphatic rings. The molecular weight excluding hydrogens is 218 g/mol. The van der Waals surface area contributed by atoms with Gasteiger partial charge < -0.3 is 15.2 Å². The zero-order valence-electron chi connectivity index (χ0n) is 10.1. The highest BCUT2D eigenvalue weighted by Gasteiger charge is 2.12. The Bertz CT molecular complexity index is 327. The summed E-state index contributed by atoms with van der Waals surface area (Å²) in [6.07, 6.45) is 1.10. The molecule has 0 fully saturated rings. The smallest absolute Gasteiger partial charge is 0.220 e. The third-order valence-corrected chi connectivity index (χ3v) is 2.47. The normalized spacial score (nSPS) is 12.1. The maximum Gasteiger partial charge on any atom is 0.220 e. The molecule has 0 saturated carbocycles. The van der Waals surface area contributed by atoms with Crippen molar-refractivity contribution in [3.05, 3.63) is 35.9 Å². The molecule has 0 heterocycles. The van der Waals surface area contributed by atoms with Gasteiger partial charge in [-0.05, 0) is 12.0 Å². The molecule has 0 spiro atoms. The van der Waals surface area contributed by atoms with Crippen molar-refractivity contribution in [2.24, 2.45) is 0 Å². The van der Waals surface area contributed by atoms with E-state index < -0.39 is 0 Å². The second-order valence-electron chi connectivity index (χ2n) is 3.81. The largest absolute Gasteiger partial charge is 0.394 e. The molecule has 1 aromatic rings. The summed E-state index contributed by atoms with van der Waals surface area (Å²) < 4.78 is 4.88. The zero-order chi connectivity index (χ0) is 12.5. The van der Waals surface area contributed by atoms with Crippen LogP contribution in [-0.2, 0) is 9.53 Å². The van der Waals surface area contributed by atoms with Crippen molar-refractivity contribution in [2.75, 3.05) is 20.3 Å². The number of methoxy groups -OCH3 is 1. The van der Waals surface area contributed by atoms with E-state index in [9.17, 15) is 9.90 Å². The summed E-state index contributed by atoms with van der Waals surface area (Å²) in [6, 6.07) is 9.11. The highest BCUT2D eigenvalue weighted by Crippen LogP contribution is 2.11. The van der Waals surface area contributed by atoms with E-state index in [-0.39, 0.29) is 18.6 Å². The Morgan fingerprint density at radius 1 is 1.41 bits per heavy atom. The van der Waals surface area contributed by atoms with Crippen LogP contribution < -0.4 is 5.32 Å². The van der Waals surface area contributed by atoms with E-state index in [4.69, 9.17) is 4.74 Å². The minimum absolute atomic E-state index is 0.0649. The predicted molar refractivity (Wildman–Crippen MR) is 65.5 cm³/mol. The Balaban J connectivity index is 2.44. The Morgan fingerprint density at radius 2 is 2.12 bits per heavy atom. The summed E-state index contributed by atoms with van der Waals surface area (Å²) in [5.41, 5.74) is 0.912. The molecule has 1 atom stereocenters. The highest BCUT2D eigenvalue weighted by molar-refractivity contribution is 5.76. The van der Waals surface area contributed by atoms with Crippen molar-refractivity contribution < 1.29 is 14.6 Å². The van der Waals surface area contributed by atoms with E-state index in [1.807, 2.05) is 30.3 Å². The van der Waals surface area contributed by atoms with Crippen LogP contribution in [0.4, 0.5) is 0 Å². The molecule has 1 unspecified atom stereocenters. The summed E-state index contributed by atoms with van der Waals surface area (Å²) in [6.45, 7) is 0.475. The molecule has 0 aliphatic heterocycles. The van der Waals surface area contributed by atoms with Crippen molar-refractivity contribution in [1.82, 2.24) is 5.32 Å². The first-order valence-corrected chi connectivity index (χ1v) is 5.72. The average Bonchev–Trinajstić information content (AvgIpc) is 2.37. The number of hydrogen-bond acceptors (Lipinski definition) is 3. The maximum atomic E-state index is 11.6. The number of aliphatic hydroxyl groups excluding tert-OH is 1. The highest BCUT2D eigenvalue weighted by atomic mass is 16.5. The number of amides is 1. The predicted octanol–water partition coefficient (Wildman–Crippen LogP) is 1.26. The molecule has 0 radical (unpaired) electrons. The van der Waals surface area contributed by atoms with Crippen LogP contribution in [0.15, 0.2) is 30.3 Å². The van der Waals surface area contributed by atoms with Crippen LogP contribution >= 0.6 is 0 Å². The third kappa shape index (κ3) is 4.97. The lowest BCUT2D eigenvalue weighted by Gasteiger charge is -2.16. The van der Waals surface area contributed by atoms with Crippen molar-refractivity contribution in [3.8, 4) is 0 Å². The standard InChI is InChI=1S/C13H19NO3/c1-17-9-5-8-13(16)14-12(10-15)11-6-3-2-4-7-11/h2-4,6-7,12,15H,5,8-10H2,1H3,(H,14,16). The Morgan fingerprint density at radius 3 is 2.71 bits per heavy atom. The lowest BCUT2D eigenvalue weighted by atomic mass is 10.1. The number of aliphatic hydroxyl groups is 1. The number of ether oxygens (including phenoxy) is 1. The first-order chi connectivity index (χ1) is 8.27. The topological polar surface area (TPSA) is 58.6 Å². The van der Waals surface area contributed by atoms with Gasteiger partial charge in [0.1, 0.15) is 0 Å². The molecule has 17 heavy (non-hydrogen) atoms. The fraction of sp³-hybridized carbons (Fsp3) is 0.462. The molecule has 2 N–H and O–H groups in total. The summed E-state index contributed by atoms with van der Waals surface area (Å²) in [4.78, 5) is 11.6. The molecule has 1 aromatic carbocycles. The summed E-state index contributed by atoms with van der Waals surface area (Å²) in [7, 11) is 1.61. The monoisotopic (exact) mass is 237 g/mol. The molecule has 4 nitrogen and oxygen atoms in total. The van der Waals surface area contributed by atoms with Crippen molar-refractivity contribution in [3.63, 3.8) is 0 Å². The number of nitrogens with one attached hydrogen (secondary N) is 1. The van der Waals surface area contributed by atoms with Crippen LogP contribution in [0, 0.1) is 0 Å². The Hall–Kier alpha value is -1.39. The number of benzene rings is 1. The van der Waals surface area contributed by atoms with Gasteiger partial charge in [-0.1, -0.05) is 30.3 Å². The van der Waals surface area contributed by atoms with Crippen LogP contribution in [0.3, 0.4) is 0 Å². The molecule has 1 rings (SSSR count). The minimum atomic E-state index is -0.328. The van der Waals surface area contributed by atoms with Gasteiger partial charge in [0.2, 0.25) is 5.91 Å². The molecule has 94 valence electrons. The van der Waals surface area contributed by atoms with Gasteiger partial charge in [-0.2, -0.15) is 0 Å². The average molecular weight is 237 g/mol. The molecule has 0 aromatic heterocycles. The summed E-state index contributed by atoms with van der Waals surface area (Å²) in [5, 5.41) is 12.1. The number of hydrogen-bond donors (Lipinski definition) is 2. The van der Waals surface area contributed by atoms with Gasteiger partial charge in [0.15, 0.2) is 0 Å². The first kappa shape index (κ1) is 13.7. The van der Waals surface area contributed by atoms with Gasteiger partial charge in [-0.15, -0.1) is 0 Å². The van der Waals surface area contributed by atoms with Crippen molar-refractivity contribution in [2.45, 2.75) is 18.9 Å². The van der Waals surface area contributed by atoms with E-state index in [0.29, 0.717) is 19.4 Å². The van der Waals surface area contributed by atoms with E-state index in [1.54, 1.807) is 7.11 Å². The van der Waals surface area contributed by atoms with Gasteiger partial charge in [-0.25, -0.2) is 0 Å². The molecule has 4 heteroatoms. The SMILES string of the molecule is COCCCC(=O)NC(CO)c1ccccc1. The van der Waals surface area contributed by atoms with Gasteiger partial charge >= 0.3 is 0 Å². The van der Waals surface area contributed by atoms with Gasteiger partial charge in [-0.3, -0.25) is 4.79 Å². The molecule has 0 aliphatic carbocycles. The van der Waals surface area contributed by atoms with Crippen molar-refractivity contribution in [1.29, 1.82) is 0 Å². The van der Waals surface area contributed by atoms with Crippen LogP contribution in [0.2, 0.25) is 0 Å². The molecule has 0 saturated heterocycles. The lowest BCUT2D eigenvalue weighted by Crippen LogP contribution is -2.30. The summed E-state index contributed by atoms with van der Waals surface area (Å²) >= 11 is 0. The summed E-state index contributed by atoms with van der Waals surface area (Å²) in [5.74, 6) is -0.0649. The van der Waals surface area contributed by atoms with E-state index >= 15 is 0 Å². The molecule has 1 amide bonds. The zero-order valence-corrected chi connectivity index (χ0v) is 10.1. The van der Waals surface area contributed by atoms with Crippen LogP contribution in [-0.4, -0.2) is 31.3 Å². The van der Waals surface area contributed by atoms with E-state index in [1.165, 1.54) is 0 Å². The maximum absolute atomic E-state index is 11.6. The van der Waals surface area contributed by atoms with Crippen LogP contribution in [0.5, 0.6) is 0 Å². The fourth-order valence-electron chi connectivity index (χ4n) is 1.56.